The SMILES string of the molecule is CCC(=O)Nc1cccc(NC(=S)NC(=O)CC23CC4CC(CC(C4)C2)C3)c1. The van der Waals surface area contributed by atoms with Crippen molar-refractivity contribution in [1.82, 2.24) is 5.32 Å². The van der Waals surface area contributed by atoms with Gasteiger partial charge in [0.25, 0.3) is 0 Å². The van der Waals surface area contributed by atoms with Crippen LogP contribution in [0.4, 0.5) is 11.4 Å². The van der Waals surface area contributed by atoms with Crippen LogP contribution in [-0.4, -0.2) is 16.9 Å². The van der Waals surface area contributed by atoms with Gasteiger partial charge in [0.2, 0.25) is 11.8 Å². The summed E-state index contributed by atoms with van der Waals surface area (Å²) in [4.78, 5) is 24.2. The number of hydrogen-bond acceptors (Lipinski definition) is 3. The van der Waals surface area contributed by atoms with Gasteiger partial charge in [0.15, 0.2) is 5.11 Å². The van der Waals surface area contributed by atoms with Crippen molar-refractivity contribution >= 4 is 40.5 Å². The molecule has 0 heterocycles. The van der Waals surface area contributed by atoms with Crippen LogP contribution in [0.3, 0.4) is 0 Å². The molecule has 0 aliphatic heterocycles. The number of rotatable bonds is 5. The van der Waals surface area contributed by atoms with Crippen molar-refractivity contribution in [3.63, 3.8) is 0 Å². The first-order chi connectivity index (χ1) is 13.4. The van der Waals surface area contributed by atoms with Crippen LogP contribution in [-0.2, 0) is 9.59 Å². The molecule has 4 fully saturated rings. The standard InChI is InChI=1S/C22H29N3O2S/c1-2-19(26)23-17-4-3-5-18(9-17)24-21(28)25-20(27)13-22-10-14-6-15(11-22)8-16(7-14)12-22/h3-5,9,14-16H,2,6-8,10-13H2,1H3,(H,23,26)(H2,24,25,27,28). The highest BCUT2D eigenvalue weighted by Gasteiger charge is 2.51. The molecule has 0 atom stereocenters. The monoisotopic (exact) mass is 399 g/mol. The summed E-state index contributed by atoms with van der Waals surface area (Å²) in [5, 5.41) is 9.07. The van der Waals surface area contributed by atoms with Gasteiger partial charge in [-0.2, -0.15) is 0 Å². The van der Waals surface area contributed by atoms with Gasteiger partial charge in [0, 0.05) is 24.2 Å². The molecule has 0 radical (unpaired) electrons. The highest BCUT2D eigenvalue weighted by molar-refractivity contribution is 7.80. The first-order valence-electron chi connectivity index (χ1n) is 10.4. The molecule has 5 nitrogen and oxygen atoms in total. The lowest BCUT2D eigenvalue weighted by Gasteiger charge is -2.56. The van der Waals surface area contributed by atoms with Crippen molar-refractivity contribution in [2.24, 2.45) is 23.2 Å². The zero-order valence-corrected chi connectivity index (χ0v) is 17.2. The van der Waals surface area contributed by atoms with E-state index in [-0.39, 0.29) is 17.2 Å². The largest absolute Gasteiger partial charge is 0.332 e. The van der Waals surface area contributed by atoms with E-state index in [0.717, 1.165) is 23.4 Å². The number of amides is 2. The fraction of sp³-hybridized carbons (Fsp3) is 0.591. The Kier molecular flexibility index (Phi) is 5.41. The molecule has 3 N–H and O–H groups in total. The van der Waals surface area contributed by atoms with Crippen molar-refractivity contribution < 1.29 is 9.59 Å². The van der Waals surface area contributed by atoms with Gasteiger partial charge in [-0.1, -0.05) is 13.0 Å². The Bertz CT molecular complexity index is 756. The third kappa shape index (κ3) is 4.37. The van der Waals surface area contributed by atoms with E-state index in [1.165, 1.54) is 38.5 Å². The predicted octanol–water partition coefficient (Wildman–Crippen LogP) is 4.45. The third-order valence-corrected chi connectivity index (χ3v) is 6.88. The number of hydrogen-bond donors (Lipinski definition) is 3. The maximum Gasteiger partial charge on any atom is 0.226 e. The average molecular weight is 400 g/mol. The fourth-order valence-corrected chi connectivity index (χ4v) is 6.34. The van der Waals surface area contributed by atoms with E-state index in [1.807, 2.05) is 31.2 Å². The first kappa shape index (κ1) is 19.4. The van der Waals surface area contributed by atoms with Crippen LogP contribution in [0.15, 0.2) is 24.3 Å². The van der Waals surface area contributed by atoms with E-state index in [4.69, 9.17) is 12.2 Å². The molecule has 4 aliphatic rings. The number of thiocarbonyl (C=S) groups is 1. The van der Waals surface area contributed by atoms with E-state index in [0.29, 0.717) is 23.6 Å². The minimum absolute atomic E-state index is 0.0230. The van der Waals surface area contributed by atoms with Gasteiger partial charge < -0.3 is 16.0 Å². The molecule has 2 amide bonds. The lowest BCUT2D eigenvalue weighted by molar-refractivity contribution is -0.128. The molecule has 4 bridgehead atoms. The van der Waals surface area contributed by atoms with E-state index >= 15 is 0 Å². The Balaban J connectivity index is 1.31. The Morgan fingerprint density at radius 3 is 2.14 bits per heavy atom. The van der Waals surface area contributed by atoms with Gasteiger partial charge in [-0.25, -0.2) is 0 Å². The molecule has 4 aliphatic carbocycles. The Labute approximate surface area is 172 Å². The molecule has 0 saturated heterocycles. The topological polar surface area (TPSA) is 70.2 Å². The molecular weight excluding hydrogens is 370 g/mol. The van der Waals surface area contributed by atoms with Gasteiger partial charge in [0.05, 0.1) is 0 Å². The minimum Gasteiger partial charge on any atom is -0.332 e. The van der Waals surface area contributed by atoms with Gasteiger partial charge in [-0.15, -0.1) is 0 Å². The van der Waals surface area contributed by atoms with E-state index < -0.39 is 0 Å². The number of nitrogens with one attached hydrogen (secondary N) is 3. The zero-order chi connectivity index (χ0) is 19.7. The number of anilines is 2. The number of carbonyl (C=O) groups is 2. The molecule has 0 aromatic heterocycles. The Morgan fingerprint density at radius 2 is 1.57 bits per heavy atom. The van der Waals surface area contributed by atoms with Crippen molar-refractivity contribution in [3.8, 4) is 0 Å². The summed E-state index contributed by atoms with van der Waals surface area (Å²) in [6.07, 6.45) is 8.80. The van der Waals surface area contributed by atoms with Gasteiger partial charge in [0.1, 0.15) is 0 Å². The first-order valence-corrected chi connectivity index (χ1v) is 10.8. The van der Waals surface area contributed by atoms with Crippen molar-refractivity contribution in [1.29, 1.82) is 0 Å². The normalized spacial score (nSPS) is 30.0. The molecular formula is C22H29N3O2S. The van der Waals surface area contributed by atoms with Crippen LogP contribution in [0.1, 0.15) is 58.3 Å². The molecule has 28 heavy (non-hydrogen) atoms. The lowest BCUT2D eigenvalue weighted by atomic mass is 9.49. The summed E-state index contributed by atoms with van der Waals surface area (Å²) in [6.45, 7) is 1.81. The molecule has 1 aromatic carbocycles. The van der Waals surface area contributed by atoms with Crippen LogP contribution in [0.2, 0.25) is 0 Å². The molecule has 4 saturated carbocycles. The van der Waals surface area contributed by atoms with Crippen LogP contribution in [0, 0.1) is 23.2 Å². The molecule has 6 heteroatoms. The molecule has 1 aromatic rings. The fourth-order valence-electron chi connectivity index (χ4n) is 6.10. The zero-order valence-electron chi connectivity index (χ0n) is 16.4. The second kappa shape index (κ2) is 7.82. The Morgan fingerprint density at radius 1 is 1.00 bits per heavy atom. The summed E-state index contributed by atoms with van der Waals surface area (Å²) in [5.41, 5.74) is 1.66. The summed E-state index contributed by atoms with van der Waals surface area (Å²) in [5.74, 6) is 2.50. The highest BCUT2D eigenvalue weighted by Crippen LogP contribution is 2.61. The molecule has 5 rings (SSSR count). The third-order valence-electron chi connectivity index (χ3n) is 6.68. The summed E-state index contributed by atoms with van der Waals surface area (Å²) < 4.78 is 0. The van der Waals surface area contributed by atoms with Crippen molar-refractivity contribution in [2.75, 3.05) is 10.6 Å². The van der Waals surface area contributed by atoms with Crippen molar-refractivity contribution in [2.45, 2.75) is 58.3 Å². The summed E-state index contributed by atoms with van der Waals surface area (Å²) >= 11 is 5.35. The van der Waals surface area contributed by atoms with Gasteiger partial charge in [-0.3, -0.25) is 9.59 Å². The van der Waals surface area contributed by atoms with E-state index in [1.54, 1.807) is 0 Å². The smallest absolute Gasteiger partial charge is 0.226 e. The van der Waals surface area contributed by atoms with Crippen LogP contribution in [0.5, 0.6) is 0 Å². The summed E-state index contributed by atoms with van der Waals surface area (Å²) in [6, 6.07) is 7.34. The van der Waals surface area contributed by atoms with E-state index in [2.05, 4.69) is 16.0 Å². The second-order valence-electron chi connectivity index (χ2n) is 9.08. The predicted molar refractivity (Wildman–Crippen MR) is 115 cm³/mol. The summed E-state index contributed by atoms with van der Waals surface area (Å²) in [7, 11) is 0. The lowest BCUT2D eigenvalue weighted by Crippen LogP contribution is -2.48. The van der Waals surface area contributed by atoms with Crippen molar-refractivity contribution in [3.05, 3.63) is 24.3 Å². The quantitative estimate of drug-likeness (QED) is 0.640. The second-order valence-corrected chi connectivity index (χ2v) is 9.49. The molecule has 0 spiro atoms. The van der Waals surface area contributed by atoms with Gasteiger partial charge >= 0.3 is 0 Å². The minimum atomic E-state index is -0.0383. The van der Waals surface area contributed by atoms with Crippen LogP contribution < -0.4 is 16.0 Å². The van der Waals surface area contributed by atoms with Crippen LogP contribution in [0.25, 0.3) is 0 Å². The average Bonchev–Trinajstić information content (AvgIpc) is 2.59. The van der Waals surface area contributed by atoms with Crippen LogP contribution >= 0.6 is 12.2 Å². The Hall–Kier alpha value is -1.95. The molecule has 150 valence electrons. The van der Waals surface area contributed by atoms with Gasteiger partial charge in [-0.05, 0) is 92.1 Å². The maximum absolute atomic E-state index is 12.7. The number of benzene rings is 1. The number of carbonyl (C=O) groups excluding carboxylic acids is 2. The van der Waals surface area contributed by atoms with E-state index in [9.17, 15) is 9.59 Å². The highest BCUT2D eigenvalue weighted by atomic mass is 32.1. The molecule has 0 unspecified atom stereocenters. The maximum atomic E-state index is 12.7.